The van der Waals surface area contributed by atoms with Crippen LogP contribution in [0.25, 0.3) is 0 Å². The van der Waals surface area contributed by atoms with Crippen molar-refractivity contribution in [2.24, 2.45) is 0 Å². The van der Waals surface area contributed by atoms with Crippen molar-refractivity contribution >= 4 is 17.9 Å². The van der Waals surface area contributed by atoms with Gasteiger partial charge in [0.15, 0.2) is 0 Å². The molecule has 1 rings (SSSR count). The Morgan fingerprint density at radius 2 is 2.12 bits per heavy atom. The van der Waals surface area contributed by atoms with Crippen LogP contribution in [0.15, 0.2) is 18.2 Å². The molecule has 0 aliphatic heterocycles. The molecule has 0 saturated carbocycles. The third kappa shape index (κ3) is 3.05. The van der Waals surface area contributed by atoms with E-state index in [1.807, 2.05) is 6.92 Å². The van der Waals surface area contributed by atoms with Crippen LogP contribution in [-0.2, 0) is 10.5 Å². The molecule has 1 aromatic rings. The Morgan fingerprint density at radius 1 is 1.50 bits per heavy atom. The molecule has 0 heterocycles. The van der Waals surface area contributed by atoms with E-state index in [0.717, 1.165) is 11.8 Å². The fourth-order valence-corrected chi connectivity index (χ4v) is 1.93. The highest BCUT2D eigenvalue weighted by molar-refractivity contribution is 6.31. The van der Waals surface area contributed by atoms with Crippen LogP contribution in [0.2, 0.25) is 5.02 Å². The van der Waals surface area contributed by atoms with E-state index in [4.69, 9.17) is 11.6 Å². The predicted molar refractivity (Wildman–Crippen MR) is 64.7 cm³/mol. The van der Waals surface area contributed by atoms with Gasteiger partial charge in [0.05, 0.1) is 0 Å². The molecule has 0 saturated heterocycles. The molecular weight excluding hydrogens is 227 g/mol. The second-order valence-corrected chi connectivity index (χ2v) is 4.92. The zero-order valence-corrected chi connectivity index (χ0v) is 10.5. The Balaban J connectivity index is 3.05. The summed E-state index contributed by atoms with van der Waals surface area (Å²) < 4.78 is 13.7. The first kappa shape index (κ1) is 13.2. The standard InChI is InChI=1S/C13H16ClFO/c1-9(6-7-16)11-5-4-10(8-12(11)14)13(2,3)15/h4-5,7-9H,6H2,1-3H3. The molecule has 1 unspecified atom stereocenters. The van der Waals surface area contributed by atoms with Gasteiger partial charge >= 0.3 is 0 Å². The Labute approximate surface area is 101 Å². The molecule has 1 aromatic carbocycles. The smallest absolute Gasteiger partial charge is 0.130 e. The van der Waals surface area contributed by atoms with Gasteiger partial charge in [-0.2, -0.15) is 0 Å². The van der Waals surface area contributed by atoms with Crippen molar-refractivity contribution in [3.05, 3.63) is 34.3 Å². The van der Waals surface area contributed by atoms with Gasteiger partial charge in [-0.15, -0.1) is 0 Å². The molecule has 3 heteroatoms. The van der Waals surface area contributed by atoms with Crippen molar-refractivity contribution in [2.75, 3.05) is 0 Å². The molecule has 88 valence electrons. The number of halogens is 2. The number of alkyl halides is 1. The normalized spacial score (nSPS) is 13.6. The van der Waals surface area contributed by atoms with E-state index in [1.165, 1.54) is 13.8 Å². The van der Waals surface area contributed by atoms with E-state index in [9.17, 15) is 9.18 Å². The third-order valence-electron chi connectivity index (χ3n) is 2.67. The topological polar surface area (TPSA) is 17.1 Å². The van der Waals surface area contributed by atoms with E-state index < -0.39 is 5.67 Å². The first-order chi connectivity index (χ1) is 7.36. The minimum atomic E-state index is -1.39. The van der Waals surface area contributed by atoms with Gasteiger partial charge in [-0.3, -0.25) is 0 Å². The fourth-order valence-electron chi connectivity index (χ4n) is 1.57. The van der Waals surface area contributed by atoms with Gasteiger partial charge in [0.2, 0.25) is 0 Å². The van der Waals surface area contributed by atoms with Crippen LogP contribution in [0.5, 0.6) is 0 Å². The second-order valence-electron chi connectivity index (χ2n) is 4.51. The molecule has 0 aliphatic carbocycles. The summed E-state index contributed by atoms with van der Waals surface area (Å²) in [5.41, 5.74) is 0.0529. The quantitative estimate of drug-likeness (QED) is 0.722. The molecule has 0 aliphatic rings. The lowest BCUT2D eigenvalue weighted by atomic mass is 9.93. The summed E-state index contributed by atoms with van der Waals surface area (Å²) in [6.45, 7) is 4.91. The fraction of sp³-hybridized carbons (Fsp3) is 0.462. The van der Waals surface area contributed by atoms with Crippen LogP contribution in [0.3, 0.4) is 0 Å². The lowest BCUT2D eigenvalue weighted by molar-refractivity contribution is -0.108. The second kappa shape index (κ2) is 4.96. The predicted octanol–water partition coefficient (Wildman–Crippen LogP) is 4.24. The lowest BCUT2D eigenvalue weighted by Gasteiger charge is -2.17. The number of carbonyl (C=O) groups excluding carboxylic acids is 1. The maximum absolute atomic E-state index is 13.7. The van der Waals surface area contributed by atoms with E-state index in [1.54, 1.807) is 18.2 Å². The number of rotatable bonds is 4. The first-order valence-electron chi connectivity index (χ1n) is 5.28. The maximum Gasteiger partial charge on any atom is 0.130 e. The summed E-state index contributed by atoms with van der Waals surface area (Å²) in [4.78, 5) is 10.4. The van der Waals surface area contributed by atoms with Gasteiger partial charge < -0.3 is 4.79 Å². The molecule has 0 bridgehead atoms. The maximum atomic E-state index is 13.7. The highest BCUT2D eigenvalue weighted by Crippen LogP contribution is 2.32. The highest BCUT2D eigenvalue weighted by Gasteiger charge is 2.20. The van der Waals surface area contributed by atoms with Crippen LogP contribution in [-0.4, -0.2) is 6.29 Å². The Morgan fingerprint density at radius 3 is 2.56 bits per heavy atom. The van der Waals surface area contributed by atoms with Crippen molar-refractivity contribution in [2.45, 2.75) is 38.8 Å². The minimum absolute atomic E-state index is 0.0711. The summed E-state index contributed by atoms with van der Waals surface area (Å²) in [6, 6.07) is 5.16. The number of hydrogen-bond donors (Lipinski definition) is 0. The van der Waals surface area contributed by atoms with Gasteiger partial charge in [0, 0.05) is 11.4 Å². The molecule has 1 nitrogen and oxygen atoms in total. The summed E-state index contributed by atoms with van der Waals surface area (Å²) in [5.74, 6) is 0.0711. The summed E-state index contributed by atoms with van der Waals surface area (Å²) in [6.07, 6.45) is 1.30. The summed E-state index contributed by atoms with van der Waals surface area (Å²) >= 11 is 6.08. The van der Waals surface area contributed by atoms with Gasteiger partial charge in [-0.1, -0.05) is 30.7 Å². The number of carbonyl (C=O) groups is 1. The van der Waals surface area contributed by atoms with E-state index in [-0.39, 0.29) is 5.92 Å². The Hall–Kier alpha value is -0.890. The van der Waals surface area contributed by atoms with Crippen molar-refractivity contribution < 1.29 is 9.18 Å². The molecule has 0 N–H and O–H groups in total. The van der Waals surface area contributed by atoms with Crippen molar-refractivity contribution in [1.82, 2.24) is 0 Å². The molecule has 0 aromatic heterocycles. The lowest BCUT2D eigenvalue weighted by Crippen LogP contribution is -2.09. The summed E-state index contributed by atoms with van der Waals surface area (Å²) in [7, 11) is 0. The zero-order chi connectivity index (χ0) is 12.3. The molecule has 1 atom stereocenters. The van der Waals surface area contributed by atoms with Crippen LogP contribution in [0.4, 0.5) is 4.39 Å². The van der Waals surface area contributed by atoms with Crippen LogP contribution in [0, 0.1) is 0 Å². The zero-order valence-electron chi connectivity index (χ0n) is 9.76. The largest absolute Gasteiger partial charge is 0.303 e. The molecule has 0 fully saturated rings. The van der Waals surface area contributed by atoms with Crippen molar-refractivity contribution in [1.29, 1.82) is 0 Å². The van der Waals surface area contributed by atoms with Gasteiger partial charge in [-0.05, 0) is 37.0 Å². The monoisotopic (exact) mass is 242 g/mol. The van der Waals surface area contributed by atoms with E-state index in [2.05, 4.69) is 0 Å². The van der Waals surface area contributed by atoms with Gasteiger partial charge in [0.25, 0.3) is 0 Å². The molecule has 0 radical (unpaired) electrons. The SMILES string of the molecule is CC(CC=O)c1ccc(C(C)(C)F)cc1Cl. The number of hydrogen-bond acceptors (Lipinski definition) is 1. The third-order valence-corrected chi connectivity index (χ3v) is 2.99. The van der Waals surface area contributed by atoms with Crippen LogP contribution >= 0.6 is 11.6 Å². The average molecular weight is 243 g/mol. The van der Waals surface area contributed by atoms with Gasteiger partial charge in [0.1, 0.15) is 12.0 Å². The van der Waals surface area contributed by atoms with E-state index in [0.29, 0.717) is 17.0 Å². The number of aldehydes is 1. The Kier molecular flexibility index (Phi) is 4.09. The molecule has 0 spiro atoms. The average Bonchev–Trinajstić information content (AvgIpc) is 2.16. The van der Waals surface area contributed by atoms with E-state index >= 15 is 0 Å². The minimum Gasteiger partial charge on any atom is -0.303 e. The van der Waals surface area contributed by atoms with Crippen molar-refractivity contribution in [3.63, 3.8) is 0 Å². The molecule has 16 heavy (non-hydrogen) atoms. The summed E-state index contributed by atoms with van der Waals surface area (Å²) in [5, 5.41) is 0.526. The molecule has 0 amide bonds. The number of benzene rings is 1. The van der Waals surface area contributed by atoms with Crippen LogP contribution < -0.4 is 0 Å². The Bertz CT molecular complexity index is 382. The molecular formula is C13H16ClFO. The highest BCUT2D eigenvalue weighted by atomic mass is 35.5. The first-order valence-corrected chi connectivity index (χ1v) is 5.66. The van der Waals surface area contributed by atoms with Crippen molar-refractivity contribution in [3.8, 4) is 0 Å². The van der Waals surface area contributed by atoms with Crippen LogP contribution in [0.1, 0.15) is 44.2 Å². The van der Waals surface area contributed by atoms with Gasteiger partial charge in [-0.25, -0.2) is 4.39 Å².